The Morgan fingerprint density at radius 2 is 1.89 bits per heavy atom. The molecule has 0 amide bonds. The summed E-state index contributed by atoms with van der Waals surface area (Å²) in [5.74, 6) is -1.49. The van der Waals surface area contributed by atoms with Gasteiger partial charge in [0.05, 0.1) is 11.5 Å². The van der Waals surface area contributed by atoms with Gasteiger partial charge in [0.25, 0.3) is 0 Å². The largest absolute Gasteiger partial charge is 0.228 e. The average molecular weight is 290 g/mol. The number of benzene rings is 1. The van der Waals surface area contributed by atoms with E-state index in [-0.39, 0.29) is 11.3 Å². The van der Waals surface area contributed by atoms with Crippen molar-refractivity contribution in [2.75, 3.05) is 11.5 Å². The highest BCUT2D eigenvalue weighted by molar-refractivity contribution is 7.97. The van der Waals surface area contributed by atoms with E-state index in [1.807, 2.05) is 0 Å². The number of halogens is 1. The fourth-order valence-corrected chi connectivity index (χ4v) is 5.61. The summed E-state index contributed by atoms with van der Waals surface area (Å²) in [7, 11) is -7.22. The minimum absolute atomic E-state index is 0.169. The van der Waals surface area contributed by atoms with Gasteiger partial charge in [-0.25, -0.2) is 21.2 Å². The van der Waals surface area contributed by atoms with Gasteiger partial charge >= 0.3 is 0 Å². The molecule has 1 aromatic carbocycles. The molecule has 1 aliphatic rings. The molecule has 0 spiro atoms. The first kappa shape index (κ1) is 13.2. The number of sulfone groups is 2. The van der Waals surface area contributed by atoms with Crippen molar-refractivity contribution in [3.63, 3.8) is 0 Å². The molecular weight excluding hydrogens is 279 g/mol. The molecule has 98 valence electrons. The van der Waals surface area contributed by atoms with Gasteiger partial charge in [-0.15, -0.1) is 0 Å². The van der Waals surface area contributed by atoms with E-state index in [2.05, 4.69) is 0 Å². The standard InChI is InChI=1S/C11H11FO4S2/c12-10-4-1-3-9(7-10)11-8-17(13,14)5-2-6-18(11,15)16/h1-5,7,11H,6,8H2. The van der Waals surface area contributed by atoms with Gasteiger partial charge in [-0.1, -0.05) is 18.2 Å². The van der Waals surface area contributed by atoms with E-state index in [0.717, 1.165) is 17.6 Å². The van der Waals surface area contributed by atoms with Gasteiger partial charge in [0.2, 0.25) is 0 Å². The van der Waals surface area contributed by atoms with Crippen LogP contribution >= 0.6 is 0 Å². The van der Waals surface area contributed by atoms with Crippen molar-refractivity contribution in [3.8, 4) is 0 Å². The van der Waals surface area contributed by atoms with E-state index >= 15 is 0 Å². The van der Waals surface area contributed by atoms with Crippen molar-refractivity contribution in [1.29, 1.82) is 0 Å². The molecule has 2 rings (SSSR count). The van der Waals surface area contributed by atoms with Gasteiger partial charge in [0.15, 0.2) is 19.7 Å². The maximum absolute atomic E-state index is 13.1. The van der Waals surface area contributed by atoms with Crippen LogP contribution in [0.25, 0.3) is 0 Å². The lowest BCUT2D eigenvalue weighted by Gasteiger charge is -2.14. The molecule has 1 aromatic rings. The van der Waals surface area contributed by atoms with E-state index in [9.17, 15) is 21.2 Å². The van der Waals surface area contributed by atoms with Gasteiger partial charge in [-0.05, 0) is 17.7 Å². The minimum Gasteiger partial charge on any atom is -0.228 e. The van der Waals surface area contributed by atoms with Crippen LogP contribution in [0.4, 0.5) is 4.39 Å². The fourth-order valence-electron chi connectivity index (χ4n) is 1.82. The van der Waals surface area contributed by atoms with Gasteiger partial charge < -0.3 is 0 Å². The summed E-state index contributed by atoms with van der Waals surface area (Å²) in [5, 5.41) is -0.308. The molecule has 0 saturated carbocycles. The van der Waals surface area contributed by atoms with E-state index in [1.165, 1.54) is 18.2 Å². The molecule has 7 heteroatoms. The molecule has 1 unspecified atom stereocenters. The molecule has 18 heavy (non-hydrogen) atoms. The Labute approximate surface area is 105 Å². The highest BCUT2D eigenvalue weighted by Crippen LogP contribution is 2.28. The molecule has 0 N–H and O–H groups in total. The average Bonchev–Trinajstić information content (AvgIpc) is 2.35. The molecule has 0 saturated heterocycles. The second-order valence-electron chi connectivity index (χ2n) is 4.07. The van der Waals surface area contributed by atoms with Gasteiger partial charge in [-0.3, -0.25) is 0 Å². The topological polar surface area (TPSA) is 68.3 Å². The van der Waals surface area contributed by atoms with E-state index in [0.29, 0.717) is 0 Å². The maximum atomic E-state index is 13.1. The minimum atomic E-state index is -3.63. The van der Waals surface area contributed by atoms with Gasteiger partial charge in [-0.2, -0.15) is 0 Å². The lowest BCUT2D eigenvalue weighted by atomic mass is 10.2. The molecule has 0 fully saturated rings. The number of rotatable bonds is 1. The van der Waals surface area contributed by atoms with Crippen molar-refractivity contribution in [2.45, 2.75) is 5.25 Å². The van der Waals surface area contributed by atoms with E-state index in [4.69, 9.17) is 0 Å². The van der Waals surface area contributed by atoms with Crippen molar-refractivity contribution < 1.29 is 21.2 Å². The second-order valence-corrected chi connectivity index (χ2v) is 8.23. The third-order valence-corrected chi connectivity index (χ3v) is 6.25. The number of hydrogen-bond donors (Lipinski definition) is 0. The van der Waals surface area contributed by atoms with Crippen molar-refractivity contribution in [1.82, 2.24) is 0 Å². The summed E-state index contributed by atoms with van der Waals surface area (Å²) in [5.41, 5.74) is 0.169. The van der Waals surface area contributed by atoms with Crippen LogP contribution in [0.5, 0.6) is 0 Å². The third-order valence-electron chi connectivity index (χ3n) is 2.67. The summed E-state index contributed by atoms with van der Waals surface area (Å²) in [6.45, 7) is 0. The predicted octanol–water partition coefficient (Wildman–Crippen LogP) is 1.22. The Balaban J connectivity index is 2.53. The molecule has 1 aliphatic heterocycles. The second kappa shape index (κ2) is 4.47. The molecule has 0 aromatic heterocycles. The SMILES string of the molecule is O=S1(=O)C=CCS(=O)(=O)C(c2cccc(F)c2)C1. The predicted molar refractivity (Wildman–Crippen MR) is 65.9 cm³/mol. The Hall–Kier alpha value is -1.21. The van der Waals surface area contributed by atoms with Crippen LogP contribution in [0.15, 0.2) is 35.7 Å². The third kappa shape index (κ3) is 2.78. The van der Waals surface area contributed by atoms with E-state index in [1.54, 1.807) is 0 Å². The molecule has 0 radical (unpaired) electrons. The number of hydrogen-bond acceptors (Lipinski definition) is 4. The first-order valence-electron chi connectivity index (χ1n) is 5.16. The zero-order valence-electron chi connectivity index (χ0n) is 9.28. The summed E-state index contributed by atoms with van der Waals surface area (Å²) in [4.78, 5) is 0. The molecule has 0 aliphatic carbocycles. The summed E-state index contributed by atoms with van der Waals surface area (Å²) in [6, 6.07) is 5.03. The Morgan fingerprint density at radius 1 is 1.17 bits per heavy atom. The monoisotopic (exact) mass is 290 g/mol. The van der Waals surface area contributed by atoms with E-state index < -0.39 is 36.5 Å². The zero-order chi connectivity index (χ0) is 13.4. The highest BCUT2D eigenvalue weighted by atomic mass is 32.2. The molecule has 1 heterocycles. The van der Waals surface area contributed by atoms with Crippen LogP contribution < -0.4 is 0 Å². The summed E-state index contributed by atoms with van der Waals surface area (Å²) < 4.78 is 60.2. The first-order valence-corrected chi connectivity index (χ1v) is 8.60. The van der Waals surface area contributed by atoms with Crippen molar-refractivity contribution >= 4 is 19.7 Å². The van der Waals surface area contributed by atoms with Gasteiger partial charge in [0.1, 0.15) is 11.1 Å². The molecule has 4 nitrogen and oxygen atoms in total. The van der Waals surface area contributed by atoms with Gasteiger partial charge in [0, 0.05) is 5.41 Å². The van der Waals surface area contributed by atoms with Crippen LogP contribution in [0, 0.1) is 5.82 Å². The molecule has 0 bridgehead atoms. The fraction of sp³-hybridized carbons (Fsp3) is 0.273. The van der Waals surface area contributed by atoms with Crippen LogP contribution in [0.2, 0.25) is 0 Å². The van der Waals surface area contributed by atoms with Crippen LogP contribution in [-0.4, -0.2) is 28.3 Å². The van der Waals surface area contributed by atoms with Crippen LogP contribution in [-0.2, 0) is 19.7 Å². The van der Waals surface area contributed by atoms with Crippen LogP contribution in [0.3, 0.4) is 0 Å². The summed E-state index contributed by atoms with van der Waals surface area (Å²) in [6.07, 6.45) is 1.12. The Morgan fingerprint density at radius 3 is 2.56 bits per heavy atom. The van der Waals surface area contributed by atoms with Crippen molar-refractivity contribution in [2.24, 2.45) is 0 Å². The quantitative estimate of drug-likeness (QED) is 0.780. The first-order chi connectivity index (χ1) is 8.30. The smallest absolute Gasteiger partial charge is 0.172 e. The summed E-state index contributed by atoms with van der Waals surface area (Å²) >= 11 is 0. The lowest BCUT2D eigenvalue weighted by Crippen LogP contribution is -2.21. The van der Waals surface area contributed by atoms with Crippen LogP contribution in [0.1, 0.15) is 10.8 Å². The lowest BCUT2D eigenvalue weighted by molar-refractivity contribution is 0.581. The highest BCUT2D eigenvalue weighted by Gasteiger charge is 2.32. The maximum Gasteiger partial charge on any atom is 0.172 e. The zero-order valence-corrected chi connectivity index (χ0v) is 10.9. The molecular formula is C11H11FO4S2. The Bertz CT molecular complexity index is 690. The Kier molecular flexibility index (Phi) is 3.29. The normalized spacial score (nSPS) is 25.5. The van der Waals surface area contributed by atoms with Crippen molar-refractivity contribution in [3.05, 3.63) is 47.1 Å². The molecule has 1 atom stereocenters.